The SMILES string of the molecule is CCN(CC)S(=O)(=O)c1cc(C(=O)Nc2ccc3nc(Cc4ccccc4F)[nH]c3c2)n(C)c1. The first-order valence-corrected chi connectivity index (χ1v) is 12.4. The van der Waals surface area contributed by atoms with E-state index >= 15 is 0 Å². The number of H-pyrrole nitrogens is 1. The number of aromatic nitrogens is 3. The van der Waals surface area contributed by atoms with Crippen LogP contribution in [-0.4, -0.2) is 46.3 Å². The van der Waals surface area contributed by atoms with Crippen molar-refractivity contribution in [3.8, 4) is 0 Å². The van der Waals surface area contributed by atoms with E-state index in [-0.39, 0.29) is 16.4 Å². The molecular formula is C24H26FN5O3S. The van der Waals surface area contributed by atoms with Crippen molar-refractivity contribution in [1.82, 2.24) is 18.8 Å². The Hall–Kier alpha value is -3.50. The van der Waals surface area contributed by atoms with Crippen molar-refractivity contribution in [3.05, 3.63) is 77.6 Å². The van der Waals surface area contributed by atoms with Crippen LogP contribution in [-0.2, 0) is 23.5 Å². The zero-order chi connectivity index (χ0) is 24.5. The van der Waals surface area contributed by atoms with E-state index in [1.165, 1.54) is 27.2 Å². The lowest BCUT2D eigenvalue weighted by atomic mass is 10.1. The number of fused-ring (bicyclic) bond motifs is 1. The molecule has 0 aliphatic heterocycles. The molecule has 0 atom stereocenters. The Morgan fingerprint density at radius 1 is 1.15 bits per heavy atom. The number of aromatic amines is 1. The van der Waals surface area contributed by atoms with E-state index in [4.69, 9.17) is 0 Å². The summed E-state index contributed by atoms with van der Waals surface area (Å²) in [6.45, 7) is 4.23. The minimum atomic E-state index is -3.67. The van der Waals surface area contributed by atoms with Crippen molar-refractivity contribution in [2.75, 3.05) is 18.4 Å². The monoisotopic (exact) mass is 483 g/mol. The highest BCUT2D eigenvalue weighted by molar-refractivity contribution is 7.89. The van der Waals surface area contributed by atoms with Gasteiger partial charge in [-0.25, -0.2) is 17.8 Å². The molecule has 4 aromatic rings. The molecule has 2 aromatic carbocycles. The van der Waals surface area contributed by atoms with Crippen LogP contribution in [0.1, 0.15) is 35.7 Å². The molecule has 2 heterocycles. The lowest BCUT2D eigenvalue weighted by molar-refractivity contribution is 0.101. The van der Waals surface area contributed by atoms with Crippen LogP contribution in [0.15, 0.2) is 59.6 Å². The van der Waals surface area contributed by atoms with E-state index in [0.717, 1.165) is 0 Å². The lowest BCUT2D eigenvalue weighted by Gasteiger charge is -2.17. The molecule has 0 bridgehead atoms. The van der Waals surface area contributed by atoms with Crippen molar-refractivity contribution in [2.45, 2.75) is 25.2 Å². The number of aryl methyl sites for hydroxylation is 1. The largest absolute Gasteiger partial charge is 0.345 e. The molecule has 0 saturated carbocycles. The Morgan fingerprint density at radius 3 is 2.59 bits per heavy atom. The van der Waals surface area contributed by atoms with Crippen molar-refractivity contribution in [1.29, 1.82) is 0 Å². The lowest BCUT2D eigenvalue weighted by Crippen LogP contribution is -2.30. The van der Waals surface area contributed by atoms with Gasteiger partial charge in [-0.2, -0.15) is 4.31 Å². The Kier molecular flexibility index (Phi) is 6.54. The average molecular weight is 484 g/mol. The predicted molar refractivity (Wildman–Crippen MR) is 129 cm³/mol. The standard InChI is InChI=1S/C24H26FN5O3S/c1-4-30(5-2)34(32,33)18-14-22(29(3)15-18)24(31)26-17-10-11-20-21(13-17)28-23(27-20)12-16-8-6-7-9-19(16)25/h6-11,13-15H,4-5,12H2,1-3H3,(H,26,31)(H,27,28). The van der Waals surface area contributed by atoms with Gasteiger partial charge in [0.05, 0.1) is 11.0 Å². The quantitative estimate of drug-likeness (QED) is 0.397. The van der Waals surface area contributed by atoms with E-state index < -0.39 is 15.9 Å². The Labute approximate surface area is 197 Å². The molecule has 1 amide bonds. The predicted octanol–water partition coefficient (Wildman–Crippen LogP) is 3.91. The van der Waals surface area contributed by atoms with E-state index in [0.29, 0.717) is 47.6 Å². The molecule has 0 fully saturated rings. The fourth-order valence-corrected chi connectivity index (χ4v) is 5.38. The third-order valence-electron chi connectivity index (χ3n) is 5.66. The van der Waals surface area contributed by atoms with Gasteiger partial charge in [0.1, 0.15) is 22.2 Å². The molecule has 2 N–H and O–H groups in total. The molecule has 2 aromatic heterocycles. The number of imidazole rings is 1. The van der Waals surface area contributed by atoms with Crippen LogP contribution in [0.5, 0.6) is 0 Å². The molecule has 4 rings (SSSR count). The Morgan fingerprint density at radius 2 is 1.88 bits per heavy atom. The van der Waals surface area contributed by atoms with Crippen LogP contribution < -0.4 is 5.32 Å². The number of hydrogen-bond donors (Lipinski definition) is 2. The first-order valence-electron chi connectivity index (χ1n) is 10.9. The van der Waals surface area contributed by atoms with Crippen molar-refractivity contribution >= 4 is 32.7 Å². The highest BCUT2D eigenvalue weighted by atomic mass is 32.2. The van der Waals surface area contributed by atoms with Crippen LogP contribution in [0, 0.1) is 5.82 Å². The van der Waals surface area contributed by atoms with Gasteiger partial charge in [0, 0.05) is 38.4 Å². The number of rotatable bonds is 8. The van der Waals surface area contributed by atoms with E-state index in [9.17, 15) is 17.6 Å². The van der Waals surface area contributed by atoms with Crippen molar-refractivity contribution in [3.63, 3.8) is 0 Å². The summed E-state index contributed by atoms with van der Waals surface area (Å²) in [4.78, 5) is 20.6. The zero-order valence-corrected chi connectivity index (χ0v) is 20.0. The normalized spacial score (nSPS) is 11.9. The van der Waals surface area contributed by atoms with Gasteiger partial charge in [-0.05, 0) is 35.9 Å². The number of amides is 1. The first-order chi connectivity index (χ1) is 16.2. The molecule has 10 heteroatoms. The maximum absolute atomic E-state index is 14.0. The summed E-state index contributed by atoms with van der Waals surface area (Å²) in [6.07, 6.45) is 1.76. The molecule has 0 spiro atoms. The third kappa shape index (κ3) is 4.59. The van der Waals surface area contributed by atoms with Gasteiger partial charge in [-0.1, -0.05) is 32.0 Å². The van der Waals surface area contributed by atoms with Gasteiger partial charge in [0.25, 0.3) is 5.91 Å². The van der Waals surface area contributed by atoms with E-state index in [2.05, 4.69) is 15.3 Å². The number of benzene rings is 2. The van der Waals surface area contributed by atoms with E-state index in [1.807, 2.05) is 0 Å². The number of nitrogens with one attached hydrogen (secondary N) is 2. The van der Waals surface area contributed by atoms with Crippen LogP contribution in [0.4, 0.5) is 10.1 Å². The molecule has 178 valence electrons. The van der Waals surface area contributed by atoms with Gasteiger partial charge in [-0.15, -0.1) is 0 Å². The van der Waals surface area contributed by atoms with Crippen LogP contribution in [0.3, 0.4) is 0 Å². The highest BCUT2D eigenvalue weighted by Crippen LogP contribution is 2.22. The molecule has 0 aliphatic rings. The fraction of sp³-hybridized carbons (Fsp3) is 0.250. The topological polar surface area (TPSA) is 100 Å². The summed E-state index contributed by atoms with van der Waals surface area (Å²) >= 11 is 0. The van der Waals surface area contributed by atoms with Gasteiger partial charge >= 0.3 is 0 Å². The van der Waals surface area contributed by atoms with Crippen LogP contribution >= 0.6 is 0 Å². The highest BCUT2D eigenvalue weighted by Gasteiger charge is 2.25. The smallest absolute Gasteiger partial charge is 0.272 e. The van der Waals surface area contributed by atoms with Gasteiger partial charge < -0.3 is 14.9 Å². The maximum atomic E-state index is 14.0. The second-order valence-corrected chi connectivity index (χ2v) is 9.84. The number of nitrogens with zero attached hydrogens (tertiary/aromatic N) is 3. The Bertz CT molecular complexity index is 1450. The summed E-state index contributed by atoms with van der Waals surface area (Å²) < 4.78 is 42.4. The van der Waals surface area contributed by atoms with Crippen LogP contribution in [0.2, 0.25) is 0 Å². The maximum Gasteiger partial charge on any atom is 0.272 e. The number of anilines is 1. The van der Waals surface area contributed by atoms with Crippen molar-refractivity contribution < 1.29 is 17.6 Å². The molecule has 34 heavy (non-hydrogen) atoms. The summed E-state index contributed by atoms with van der Waals surface area (Å²) in [5, 5.41) is 2.81. The number of carbonyl (C=O) groups excluding carboxylic acids is 1. The molecule has 0 radical (unpaired) electrons. The second kappa shape index (κ2) is 9.40. The first kappa shape index (κ1) is 23.7. The number of halogens is 1. The summed E-state index contributed by atoms with van der Waals surface area (Å²) in [5.41, 5.74) is 2.66. The van der Waals surface area contributed by atoms with E-state index in [1.54, 1.807) is 57.3 Å². The summed E-state index contributed by atoms with van der Waals surface area (Å²) in [5.74, 6) is -0.118. The minimum Gasteiger partial charge on any atom is -0.345 e. The Balaban J connectivity index is 1.54. The molecule has 0 unspecified atom stereocenters. The molecular weight excluding hydrogens is 457 g/mol. The molecule has 8 nitrogen and oxygen atoms in total. The number of carbonyl (C=O) groups is 1. The summed E-state index contributed by atoms with van der Waals surface area (Å²) in [6, 6.07) is 13.1. The third-order valence-corrected chi connectivity index (χ3v) is 7.68. The van der Waals surface area contributed by atoms with Gasteiger partial charge in [0.2, 0.25) is 10.0 Å². The number of hydrogen-bond acceptors (Lipinski definition) is 4. The average Bonchev–Trinajstić information content (AvgIpc) is 3.39. The van der Waals surface area contributed by atoms with Crippen molar-refractivity contribution in [2.24, 2.45) is 7.05 Å². The number of sulfonamides is 1. The fourth-order valence-electron chi connectivity index (χ4n) is 3.85. The van der Waals surface area contributed by atoms with Crippen LogP contribution in [0.25, 0.3) is 11.0 Å². The zero-order valence-electron chi connectivity index (χ0n) is 19.2. The second-order valence-electron chi connectivity index (χ2n) is 7.90. The molecule has 0 saturated heterocycles. The molecule has 0 aliphatic carbocycles. The summed E-state index contributed by atoms with van der Waals surface area (Å²) in [7, 11) is -2.04. The van der Waals surface area contributed by atoms with Gasteiger partial charge in [0.15, 0.2) is 0 Å². The van der Waals surface area contributed by atoms with Gasteiger partial charge in [-0.3, -0.25) is 4.79 Å². The minimum absolute atomic E-state index is 0.0747.